The van der Waals surface area contributed by atoms with E-state index in [1.807, 2.05) is 6.20 Å². The molecule has 0 bridgehead atoms. The molecule has 0 amide bonds. The molecule has 4 heteroatoms. The molecule has 1 aromatic heterocycles. The van der Waals surface area contributed by atoms with Gasteiger partial charge in [0, 0.05) is 52.0 Å². The molecule has 0 unspecified atom stereocenters. The molecule has 3 rings (SSSR count). The summed E-state index contributed by atoms with van der Waals surface area (Å²) in [5.74, 6) is 1.17. The average Bonchev–Trinajstić information content (AvgIpc) is 2.94. The van der Waals surface area contributed by atoms with Crippen LogP contribution >= 0.6 is 0 Å². The van der Waals surface area contributed by atoms with Crippen molar-refractivity contribution in [1.82, 2.24) is 15.2 Å². The van der Waals surface area contributed by atoms with Crippen molar-refractivity contribution in [2.45, 2.75) is 19.4 Å². The monoisotopic (exact) mass is 246 g/mol. The van der Waals surface area contributed by atoms with Gasteiger partial charge in [0.1, 0.15) is 5.82 Å². The number of rotatable bonds is 3. The third kappa shape index (κ3) is 2.82. The van der Waals surface area contributed by atoms with Crippen LogP contribution in [-0.4, -0.2) is 49.2 Å². The fraction of sp³-hybridized carbons (Fsp3) is 0.643. The van der Waals surface area contributed by atoms with Crippen LogP contribution < -0.4 is 10.2 Å². The normalized spacial score (nSPS) is 21.4. The smallest absolute Gasteiger partial charge is 0.128 e. The molecule has 18 heavy (non-hydrogen) atoms. The number of anilines is 1. The van der Waals surface area contributed by atoms with Gasteiger partial charge in [-0.1, -0.05) is 0 Å². The molecule has 0 aromatic carbocycles. The molecule has 0 saturated carbocycles. The van der Waals surface area contributed by atoms with Crippen molar-refractivity contribution in [3.63, 3.8) is 0 Å². The number of nitrogens with zero attached hydrogens (tertiary/aromatic N) is 3. The molecule has 0 atom stereocenters. The van der Waals surface area contributed by atoms with E-state index < -0.39 is 0 Å². The minimum absolute atomic E-state index is 1.06. The van der Waals surface area contributed by atoms with Crippen LogP contribution in [0.15, 0.2) is 18.3 Å². The Labute approximate surface area is 109 Å². The van der Waals surface area contributed by atoms with Gasteiger partial charge in [0.2, 0.25) is 0 Å². The highest BCUT2D eigenvalue weighted by Gasteiger charge is 2.15. The zero-order valence-electron chi connectivity index (χ0n) is 10.9. The van der Waals surface area contributed by atoms with Crippen LogP contribution in [0.5, 0.6) is 0 Å². The van der Waals surface area contributed by atoms with E-state index >= 15 is 0 Å². The number of hydrogen-bond acceptors (Lipinski definition) is 4. The summed E-state index contributed by atoms with van der Waals surface area (Å²) >= 11 is 0. The maximum Gasteiger partial charge on any atom is 0.128 e. The Bertz CT molecular complexity index is 381. The van der Waals surface area contributed by atoms with Gasteiger partial charge in [0.05, 0.1) is 0 Å². The van der Waals surface area contributed by atoms with Crippen LogP contribution in [-0.2, 0) is 6.54 Å². The predicted molar refractivity (Wildman–Crippen MR) is 73.8 cm³/mol. The van der Waals surface area contributed by atoms with E-state index in [-0.39, 0.29) is 0 Å². The van der Waals surface area contributed by atoms with Crippen LogP contribution in [0, 0.1) is 0 Å². The van der Waals surface area contributed by atoms with E-state index in [1.54, 1.807) is 0 Å². The maximum absolute atomic E-state index is 4.51. The van der Waals surface area contributed by atoms with Crippen molar-refractivity contribution in [1.29, 1.82) is 0 Å². The fourth-order valence-corrected chi connectivity index (χ4v) is 2.81. The molecule has 4 nitrogen and oxygen atoms in total. The summed E-state index contributed by atoms with van der Waals surface area (Å²) in [6, 6.07) is 4.43. The molecule has 3 heterocycles. The van der Waals surface area contributed by atoms with Crippen LogP contribution in [0.2, 0.25) is 0 Å². The Morgan fingerprint density at radius 2 is 1.89 bits per heavy atom. The summed E-state index contributed by atoms with van der Waals surface area (Å²) in [5.41, 5.74) is 1.40. The van der Waals surface area contributed by atoms with Crippen molar-refractivity contribution in [2.75, 3.05) is 44.2 Å². The van der Waals surface area contributed by atoms with Gasteiger partial charge in [-0.3, -0.25) is 4.90 Å². The highest BCUT2D eigenvalue weighted by atomic mass is 15.2. The summed E-state index contributed by atoms with van der Waals surface area (Å²) in [6.45, 7) is 7.94. The van der Waals surface area contributed by atoms with Crippen molar-refractivity contribution in [3.05, 3.63) is 23.9 Å². The maximum atomic E-state index is 4.51. The quantitative estimate of drug-likeness (QED) is 0.865. The Kier molecular flexibility index (Phi) is 3.76. The molecule has 2 fully saturated rings. The zero-order valence-corrected chi connectivity index (χ0v) is 10.9. The highest BCUT2D eigenvalue weighted by Crippen LogP contribution is 2.19. The van der Waals surface area contributed by atoms with Crippen LogP contribution in [0.4, 0.5) is 5.82 Å². The summed E-state index contributed by atoms with van der Waals surface area (Å²) in [6.07, 6.45) is 4.58. The summed E-state index contributed by atoms with van der Waals surface area (Å²) < 4.78 is 0. The van der Waals surface area contributed by atoms with E-state index in [0.29, 0.717) is 0 Å². The van der Waals surface area contributed by atoms with Gasteiger partial charge in [-0.05, 0) is 30.5 Å². The standard InChI is InChI=1S/C14H22N4/c1-2-8-18(7-1)14-11-13(3-4-16-14)12-17-9-5-15-6-10-17/h3-4,11,15H,1-2,5-10,12H2. The summed E-state index contributed by atoms with van der Waals surface area (Å²) in [4.78, 5) is 9.43. The third-order valence-corrected chi connectivity index (χ3v) is 3.86. The first kappa shape index (κ1) is 11.9. The van der Waals surface area contributed by atoms with Gasteiger partial charge in [-0.25, -0.2) is 4.98 Å². The Hall–Kier alpha value is -1.13. The van der Waals surface area contributed by atoms with E-state index in [9.17, 15) is 0 Å². The second-order valence-electron chi connectivity index (χ2n) is 5.24. The molecule has 2 aliphatic heterocycles. The number of pyridine rings is 1. The Morgan fingerprint density at radius 3 is 2.67 bits per heavy atom. The van der Waals surface area contributed by atoms with Crippen molar-refractivity contribution in [3.8, 4) is 0 Å². The molecule has 2 saturated heterocycles. The lowest BCUT2D eigenvalue weighted by Crippen LogP contribution is -2.42. The molecule has 1 N–H and O–H groups in total. The summed E-state index contributed by atoms with van der Waals surface area (Å²) in [5, 5.41) is 3.39. The molecule has 1 aromatic rings. The van der Waals surface area contributed by atoms with Gasteiger partial charge < -0.3 is 10.2 Å². The molecule has 98 valence electrons. The minimum atomic E-state index is 1.06. The lowest BCUT2D eigenvalue weighted by Gasteiger charge is -2.27. The lowest BCUT2D eigenvalue weighted by molar-refractivity contribution is 0.233. The van der Waals surface area contributed by atoms with Crippen LogP contribution in [0.25, 0.3) is 0 Å². The lowest BCUT2D eigenvalue weighted by atomic mass is 10.2. The number of hydrogen-bond donors (Lipinski definition) is 1. The predicted octanol–water partition coefficient (Wildman–Crippen LogP) is 1.09. The van der Waals surface area contributed by atoms with E-state index in [4.69, 9.17) is 0 Å². The molecule has 0 aliphatic carbocycles. The van der Waals surface area contributed by atoms with Crippen molar-refractivity contribution in [2.24, 2.45) is 0 Å². The van der Waals surface area contributed by atoms with Gasteiger partial charge in [-0.15, -0.1) is 0 Å². The van der Waals surface area contributed by atoms with Crippen LogP contribution in [0.3, 0.4) is 0 Å². The molecule has 0 spiro atoms. The largest absolute Gasteiger partial charge is 0.357 e. The number of piperazine rings is 1. The molecule has 0 radical (unpaired) electrons. The van der Waals surface area contributed by atoms with Gasteiger partial charge in [0.15, 0.2) is 0 Å². The first-order chi connectivity index (χ1) is 8.92. The van der Waals surface area contributed by atoms with E-state index in [1.165, 1.54) is 37.3 Å². The molecular formula is C14H22N4. The fourth-order valence-electron chi connectivity index (χ4n) is 2.81. The minimum Gasteiger partial charge on any atom is -0.357 e. The molecule has 2 aliphatic rings. The van der Waals surface area contributed by atoms with Crippen LogP contribution in [0.1, 0.15) is 18.4 Å². The second-order valence-corrected chi connectivity index (χ2v) is 5.24. The van der Waals surface area contributed by atoms with Gasteiger partial charge >= 0.3 is 0 Å². The number of nitrogens with one attached hydrogen (secondary N) is 1. The Balaban J connectivity index is 1.66. The Morgan fingerprint density at radius 1 is 1.11 bits per heavy atom. The summed E-state index contributed by atoms with van der Waals surface area (Å²) in [7, 11) is 0. The first-order valence-corrected chi connectivity index (χ1v) is 7.05. The van der Waals surface area contributed by atoms with E-state index in [2.05, 4.69) is 32.2 Å². The SMILES string of the molecule is c1cc(CN2CCNCC2)cc(N2CCCC2)n1. The van der Waals surface area contributed by atoms with Gasteiger partial charge in [-0.2, -0.15) is 0 Å². The van der Waals surface area contributed by atoms with E-state index in [0.717, 1.165) is 32.7 Å². The number of aromatic nitrogens is 1. The third-order valence-electron chi connectivity index (χ3n) is 3.86. The first-order valence-electron chi connectivity index (χ1n) is 7.05. The zero-order chi connectivity index (χ0) is 12.2. The van der Waals surface area contributed by atoms with Crippen molar-refractivity contribution >= 4 is 5.82 Å². The van der Waals surface area contributed by atoms with Crippen molar-refractivity contribution < 1.29 is 0 Å². The second kappa shape index (κ2) is 5.67. The highest BCUT2D eigenvalue weighted by molar-refractivity contribution is 5.41. The average molecular weight is 246 g/mol. The van der Waals surface area contributed by atoms with Gasteiger partial charge in [0.25, 0.3) is 0 Å². The topological polar surface area (TPSA) is 31.4 Å². The molecular weight excluding hydrogens is 224 g/mol.